The van der Waals surface area contributed by atoms with E-state index in [9.17, 15) is 4.79 Å². The van der Waals surface area contributed by atoms with Gasteiger partial charge >= 0.3 is 0 Å². The smallest absolute Gasteiger partial charge is 0.254 e. The maximum atomic E-state index is 12.5. The second-order valence-electron chi connectivity index (χ2n) is 5.35. The molecule has 2 heterocycles. The summed E-state index contributed by atoms with van der Waals surface area (Å²) < 4.78 is 0. The van der Waals surface area contributed by atoms with Crippen LogP contribution in [0.4, 0.5) is 0 Å². The van der Waals surface area contributed by atoms with Crippen LogP contribution in [0.5, 0.6) is 0 Å². The average molecular weight is 281 g/mol. The molecule has 0 saturated carbocycles. The van der Waals surface area contributed by atoms with Crippen LogP contribution in [0.3, 0.4) is 0 Å². The van der Waals surface area contributed by atoms with Crippen LogP contribution in [-0.2, 0) is 6.42 Å². The number of aromatic nitrogens is 1. The van der Waals surface area contributed by atoms with Crippen LogP contribution in [0.15, 0.2) is 12.1 Å². The van der Waals surface area contributed by atoms with Crippen molar-refractivity contribution in [3.05, 3.63) is 28.5 Å². The lowest BCUT2D eigenvalue weighted by Crippen LogP contribution is -2.32. The lowest BCUT2D eigenvalue weighted by Gasteiger charge is -2.20. The number of likely N-dealkylation sites (tertiary alicyclic amines) is 1. The number of amides is 1. The van der Waals surface area contributed by atoms with Crippen LogP contribution in [0, 0.1) is 5.92 Å². The molecule has 1 saturated heterocycles. The lowest BCUT2D eigenvalue weighted by molar-refractivity contribution is 0.0760. The molecule has 104 valence electrons. The van der Waals surface area contributed by atoms with Gasteiger partial charge in [0.25, 0.3) is 5.91 Å². The van der Waals surface area contributed by atoms with Gasteiger partial charge in [0.15, 0.2) is 0 Å². The number of carbonyl (C=O) groups is 1. The van der Waals surface area contributed by atoms with Crippen LogP contribution in [0.25, 0.3) is 0 Å². The molecule has 0 radical (unpaired) electrons. The third-order valence-electron chi connectivity index (χ3n) is 3.76. The molecule has 0 aromatic carbocycles. The molecule has 3 nitrogen and oxygen atoms in total. The third-order valence-corrected chi connectivity index (χ3v) is 3.95. The molecule has 0 bridgehead atoms. The van der Waals surface area contributed by atoms with E-state index in [1.165, 1.54) is 6.42 Å². The van der Waals surface area contributed by atoms with Crippen molar-refractivity contribution in [1.82, 2.24) is 9.88 Å². The quantitative estimate of drug-likeness (QED) is 0.776. The Morgan fingerprint density at radius 1 is 1.42 bits per heavy atom. The molecule has 1 aromatic rings. The fourth-order valence-electron chi connectivity index (χ4n) is 2.50. The van der Waals surface area contributed by atoms with Crippen molar-refractivity contribution < 1.29 is 4.79 Å². The highest BCUT2D eigenvalue weighted by atomic mass is 35.5. The Morgan fingerprint density at radius 3 is 2.95 bits per heavy atom. The van der Waals surface area contributed by atoms with E-state index in [4.69, 9.17) is 11.6 Å². The van der Waals surface area contributed by atoms with Crippen LogP contribution in [-0.4, -0.2) is 28.9 Å². The van der Waals surface area contributed by atoms with E-state index in [0.29, 0.717) is 16.6 Å². The van der Waals surface area contributed by atoms with Crippen molar-refractivity contribution in [2.24, 2.45) is 5.92 Å². The predicted octanol–water partition coefficient (Wildman–Crippen LogP) is 3.56. The van der Waals surface area contributed by atoms with Crippen LogP contribution >= 0.6 is 11.6 Å². The number of hydrogen-bond donors (Lipinski definition) is 0. The van der Waals surface area contributed by atoms with Gasteiger partial charge in [0.05, 0.1) is 0 Å². The Balaban J connectivity index is 2.16. The number of hydrogen-bond acceptors (Lipinski definition) is 2. The Morgan fingerprint density at radius 2 is 2.21 bits per heavy atom. The van der Waals surface area contributed by atoms with Gasteiger partial charge in [-0.05, 0) is 43.7 Å². The van der Waals surface area contributed by atoms with Gasteiger partial charge in [0.2, 0.25) is 0 Å². The highest BCUT2D eigenvalue weighted by Gasteiger charge is 2.20. The number of carbonyl (C=O) groups excluding carboxylic acids is 1. The summed E-state index contributed by atoms with van der Waals surface area (Å²) in [7, 11) is 0. The monoisotopic (exact) mass is 280 g/mol. The summed E-state index contributed by atoms with van der Waals surface area (Å²) in [6.45, 7) is 5.97. The maximum Gasteiger partial charge on any atom is 0.254 e. The van der Waals surface area contributed by atoms with Crippen molar-refractivity contribution in [1.29, 1.82) is 0 Å². The van der Waals surface area contributed by atoms with Crippen molar-refractivity contribution in [3.63, 3.8) is 0 Å². The predicted molar refractivity (Wildman–Crippen MR) is 77.5 cm³/mol. The summed E-state index contributed by atoms with van der Waals surface area (Å²) in [5.74, 6) is 0.804. The summed E-state index contributed by atoms with van der Waals surface area (Å²) in [5, 5.41) is 0.408. The van der Waals surface area contributed by atoms with Gasteiger partial charge in [0, 0.05) is 24.3 Å². The van der Waals surface area contributed by atoms with Crippen molar-refractivity contribution in [2.75, 3.05) is 13.1 Å². The fraction of sp³-hybridized carbons (Fsp3) is 0.600. The number of halogens is 1. The van der Waals surface area contributed by atoms with E-state index in [1.54, 1.807) is 6.07 Å². The molecule has 0 spiro atoms. The van der Waals surface area contributed by atoms with Gasteiger partial charge < -0.3 is 4.90 Å². The molecule has 1 unspecified atom stereocenters. The van der Waals surface area contributed by atoms with Crippen LogP contribution in [0.2, 0.25) is 5.15 Å². The van der Waals surface area contributed by atoms with Gasteiger partial charge in [-0.2, -0.15) is 0 Å². The number of rotatable bonds is 2. The Labute approximate surface area is 120 Å². The normalized spacial score (nSPS) is 20.2. The Kier molecular flexibility index (Phi) is 4.81. The highest BCUT2D eigenvalue weighted by molar-refractivity contribution is 6.29. The standard InChI is InChI=1S/C15H21ClN2O/c1-3-13-9-12(10-14(16)17-13)15(19)18-7-4-5-11(2)6-8-18/h9-11H,3-8H2,1-2H3. The van der Waals surface area contributed by atoms with E-state index < -0.39 is 0 Å². The molecule has 1 aliphatic heterocycles. The molecular weight excluding hydrogens is 260 g/mol. The maximum absolute atomic E-state index is 12.5. The molecule has 0 aliphatic carbocycles. The molecule has 19 heavy (non-hydrogen) atoms. The van der Waals surface area contributed by atoms with Gasteiger partial charge in [-0.1, -0.05) is 25.4 Å². The first-order chi connectivity index (χ1) is 9.10. The minimum absolute atomic E-state index is 0.0908. The van der Waals surface area contributed by atoms with E-state index in [1.807, 2.05) is 17.9 Å². The summed E-state index contributed by atoms with van der Waals surface area (Å²) in [6.07, 6.45) is 4.18. The first-order valence-electron chi connectivity index (χ1n) is 7.06. The average Bonchev–Trinajstić information content (AvgIpc) is 2.62. The second kappa shape index (κ2) is 6.38. The van der Waals surface area contributed by atoms with E-state index in [0.717, 1.165) is 38.0 Å². The largest absolute Gasteiger partial charge is 0.339 e. The van der Waals surface area contributed by atoms with Crippen molar-refractivity contribution in [2.45, 2.75) is 39.5 Å². The zero-order valence-corrected chi connectivity index (χ0v) is 12.4. The van der Waals surface area contributed by atoms with E-state index in [2.05, 4.69) is 11.9 Å². The first kappa shape index (κ1) is 14.3. The highest BCUT2D eigenvalue weighted by Crippen LogP contribution is 2.19. The van der Waals surface area contributed by atoms with Crippen LogP contribution in [0.1, 0.15) is 49.2 Å². The number of aryl methyl sites for hydroxylation is 1. The SMILES string of the molecule is CCc1cc(C(=O)N2CCCC(C)CC2)cc(Cl)n1. The van der Waals surface area contributed by atoms with Gasteiger partial charge in [0.1, 0.15) is 5.15 Å². The molecule has 1 fully saturated rings. The third kappa shape index (κ3) is 3.69. The molecular formula is C15H21ClN2O. The van der Waals surface area contributed by atoms with Crippen molar-refractivity contribution in [3.8, 4) is 0 Å². The topological polar surface area (TPSA) is 33.2 Å². The summed E-state index contributed by atoms with van der Waals surface area (Å²) in [6, 6.07) is 3.54. The first-order valence-corrected chi connectivity index (χ1v) is 7.43. The summed E-state index contributed by atoms with van der Waals surface area (Å²) in [5.41, 5.74) is 1.55. The molecule has 1 amide bonds. The summed E-state index contributed by atoms with van der Waals surface area (Å²) >= 11 is 5.99. The number of nitrogens with zero attached hydrogens (tertiary/aromatic N) is 2. The number of pyridine rings is 1. The minimum atomic E-state index is 0.0908. The van der Waals surface area contributed by atoms with E-state index in [-0.39, 0.29) is 5.91 Å². The fourth-order valence-corrected chi connectivity index (χ4v) is 2.73. The Hall–Kier alpha value is -1.09. The van der Waals surface area contributed by atoms with Gasteiger partial charge in [-0.15, -0.1) is 0 Å². The van der Waals surface area contributed by atoms with Crippen molar-refractivity contribution >= 4 is 17.5 Å². The van der Waals surface area contributed by atoms with Crippen LogP contribution < -0.4 is 0 Å². The van der Waals surface area contributed by atoms with E-state index >= 15 is 0 Å². The molecule has 1 aromatic heterocycles. The molecule has 1 aliphatic rings. The Bertz CT molecular complexity index is 461. The zero-order chi connectivity index (χ0) is 13.8. The zero-order valence-electron chi connectivity index (χ0n) is 11.7. The second-order valence-corrected chi connectivity index (χ2v) is 5.74. The van der Waals surface area contributed by atoms with Gasteiger partial charge in [-0.25, -0.2) is 4.98 Å². The lowest BCUT2D eigenvalue weighted by atomic mass is 10.0. The molecule has 2 rings (SSSR count). The summed E-state index contributed by atoms with van der Waals surface area (Å²) in [4.78, 5) is 18.7. The minimum Gasteiger partial charge on any atom is -0.339 e. The molecule has 4 heteroatoms. The molecule has 0 N–H and O–H groups in total. The molecule has 1 atom stereocenters. The van der Waals surface area contributed by atoms with Gasteiger partial charge in [-0.3, -0.25) is 4.79 Å².